The lowest BCUT2D eigenvalue weighted by Crippen LogP contribution is -2.00. The molecule has 2 heterocycles. The van der Waals surface area contributed by atoms with Crippen molar-refractivity contribution in [2.45, 2.75) is 0 Å². The first-order valence-electron chi connectivity index (χ1n) is 10.7. The van der Waals surface area contributed by atoms with Gasteiger partial charge in [0, 0.05) is 40.8 Å². The highest BCUT2D eigenvalue weighted by molar-refractivity contribution is 5.74. The van der Waals surface area contributed by atoms with Crippen molar-refractivity contribution in [3.05, 3.63) is 109 Å². The molecule has 0 unspecified atom stereocenters. The topological polar surface area (TPSA) is 59.9 Å². The van der Waals surface area contributed by atoms with E-state index in [0.717, 1.165) is 39.4 Å². The summed E-state index contributed by atoms with van der Waals surface area (Å²) in [5.74, 6) is 1.76. The summed E-state index contributed by atoms with van der Waals surface area (Å²) >= 11 is 0. The molecular weight excluding hydrogens is 427 g/mol. The Morgan fingerprint density at radius 2 is 1.44 bits per heavy atom. The van der Waals surface area contributed by atoms with E-state index in [4.69, 9.17) is 14.7 Å². The van der Waals surface area contributed by atoms with Crippen LogP contribution in [0, 0.1) is 5.82 Å². The first-order valence-corrected chi connectivity index (χ1v) is 10.7. The fraction of sp³-hybridized carbons (Fsp3) is 0.0357. The van der Waals surface area contributed by atoms with E-state index >= 15 is 0 Å². The highest BCUT2D eigenvalue weighted by Gasteiger charge is 2.11. The second kappa shape index (κ2) is 9.50. The molecule has 2 aromatic heterocycles. The van der Waals surface area contributed by atoms with Crippen molar-refractivity contribution >= 4 is 11.5 Å². The van der Waals surface area contributed by atoms with Gasteiger partial charge >= 0.3 is 0 Å². The molecule has 0 atom stereocenters. The molecule has 5 aromatic rings. The molecule has 0 saturated carbocycles. The monoisotopic (exact) mass is 448 g/mol. The van der Waals surface area contributed by atoms with Crippen LogP contribution in [0.5, 0.6) is 5.75 Å². The average Bonchev–Trinajstić information content (AvgIpc) is 2.90. The molecule has 0 aliphatic heterocycles. The quantitative estimate of drug-likeness (QED) is 0.311. The maximum atomic E-state index is 13.4. The maximum Gasteiger partial charge on any atom is 0.162 e. The molecule has 5 rings (SSSR count). The van der Waals surface area contributed by atoms with Gasteiger partial charge in [0.1, 0.15) is 17.4 Å². The maximum absolute atomic E-state index is 13.4. The Morgan fingerprint density at radius 1 is 0.706 bits per heavy atom. The van der Waals surface area contributed by atoms with E-state index in [-0.39, 0.29) is 5.82 Å². The summed E-state index contributed by atoms with van der Waals surface area (Å²) in [5.41, 5.74) is 5.10. The lowest BCUT2D eigenvalue weighted by atomic mass is 10.0. The lowest BCUT2D eigenvalue weighted by Gasteiger charge is -2.12. The molecule has 0 radical (unpaired) electrons. The Bertz CT molecular complexity index is 1410. The summed E-state index contributed by atoms with van der Waals surface area (Å²) < 4.78 is 18.6. The van der Waals surface area contributed by atoms with Gasteiger partial charge in [-0.05, 0) is 48.0 Å². The predicted molar refractivity (Wildman–Crippen MR) is 132 cm³/mol. The van der Waals surface area contributed by atoms with Crippen molar-refractivity contribution in [3.8, 4) is 39.5 Å². The number of hydrogen-bond acceptors (Lipinski definition) is 5. The number of anilines is 2. The Morgan fingerprint density at radius 3 is 2.18 bits per heavy atom. The average molecular weight is 449 g/mol. The Hall–Kier alpha value is -4.58. The number of ether oxygens (including phenoxy) is 1. The van der Waals surface area contributed by atoms with Crippen LogP contribution < -0.4 is 10.1 Å². The van der Waals surface area contributed by atoms with E-state index in [2.05, 4.69) is 10.3 Å². The first-order chi connectivity index (χ1) is 16.7. The largest absolute Gasteiger partial charge is 0.497 e. The van der Waals surface area contributed by atoms with Gasteiger partial charge in [0.2, 0.25) is 0 Å². The van der Waals surface area contributed by atoms with Gasteiger partial charge in [-0.1, -0.05) is 42.5 Å². The van der Waals surface area contributed by atoms with Crippen molar-refractivity contribution in [1.29, 1.82) is 0 Å². The van der Waals surface area contributed by atoms with Crippen molar-refractivity contribution < 1.29 is 9.13 Å². The van der Waals surface area contributed by atoms with Gasteiger partial charge in [0.15, 0.2) is 5.82 Å². The summed E-state index contributed by atoms with van der Waals surface area (Å²) in [7, 11) is 1.64. The Balaban J connectivity index is 1.56. The van der Waals surface area contributed by atoms with E-state index < -0.39 is 0 Å². The predicted octanol–water partition coefficient (Wildman–Crippen LogP) is 6.76. The molecule has 34 heavy (non-hydrogen) atoms. The molecule has 0 spiro atoms. The summed E-state index contributed by atoms with van der Waals surface area (Å²) in [5, 5.41) is 3.36. The highest BCUT2D eigenvalue weighted by atomic mass is 19.1. The van der Waals surface area contributed by atoms with Gasteiger partial charge < -0.3 is 10.1 Å². The zero-order valence-electron chi connectivity index (χ0n) is 18.4. The third-order valence-electron chi connectivity index (χ3n) is 5.33. The van der Waals surface area contributed by atoms with E-state index in [1.165, 1.54) is 12.1 Å². The van der Waals surface area contributed by atoms with E-state index in [1.54, 1.807) is 31.6 Å². The molecule has 0 fully saturated rings. The third kappa shape index (κ3) is 4.76. The molecule has 0 aliphatic carbocycles. The minimum absolute atomic E-state index is 0.273. The van der Waals surface area contributed by atoms with Crippen LogP contribution in [-0.4, -0.2) is 22.1 Å². The van der Waals surface area contributed by atoms with Gasteiger partial charge in [0.25, 0.3) is 0 Å². The fourth-order valence-corrected chi connectivity index (χ4v) is 3.58. The van der Waals surface area contributed by atoms with Gasteiger partial charge in [-0.15, -0.1) is 0 Å². The molecular formula is C28H21FN4O. The van der Waals surface area contributed by atoms with E-state index in [1.807, 2.05) is 66.7 Å². The smallest absolute Gasteiger partial charge is 0.162 e. The Labute approximate surface area is 197 Å². The molecule has 0 amide bonds. The lowest BCUT2D eigenvalue weighted by molar-refractivity contribution is 0.415. The number of methoxy groups -OCH3 is 1. The number of aromatic nitrogens is 3. The molecule has 0 bridgehead atoms. The van der Waals surface area contributed by atoms with Crippen molar-refractivity contribution in [2.75, 3.05) is 12.4 Å². The number of pyridine rings is 1. The first kappa shape index (κ1) is 21.3. The zero-order valence-corrected chi connectivity index (χ0v) is 18.4. The SMILES string of the molecule is COc1ccc(Nc2cc(-c3cncc(-c4ccc(F)cc4)c3)nc(-c3ccccc3)n2)cc1. The number of nitrogens with one attached hydrogen (secondary N) is 1. The Kier molecular flexibility index (Phi) is 5.95. The van der Waals surface area contributed by atoms with Crippen LogP contribution in [0.4, 0.5) is 15.9 Å². The molecule has 166 valence electrons. The molecule has 6 heteroatoms. The zero-order chi connectivity index (χ0) is 23.3. The molecule has 0 saturated heterocycles. The summed E-state index contributed by atoms with van der Waals surface area (Å²) in [6, 6.07) is 27.7. The van der Waals surface area contributed by atoms with Crippen LogP contribution >= 0.6 is 0 Å². The molecule has 3 aromatic carbocycles. The summed E-state index contributed by atoms with van der Waals surface area (Å²) in [4.78, 5) is 14.0. The summed E-state index contributed by atoms with van der Waals surface area (Å²) in [6.07, 6.45) is 3.52. The minimum Gasteiger partial charge on any atom is -0.497 e. The van der Waals surface area contributed by atoms with E-state index in [9.17, 15) is 4.39 Å². The van der Waals surface area contributed by atoms with Gasteiger partial charge in [-0.25, -0.2) is 14.4 Å². The number of nitrogens with zero attached hydrogens (tertiary/aromatic N) is 3. The third-order valence-corrected chi connectivity index (χ3v) is 5.33. The summed E-state index contributed by atoms with van der Waals surface area (Å²) in [6.45, 7) is 0. The molecule has 1 N–H and O–H groups in total. The molecule has 5 nitrogen and oxygen atoms in total. The number of halogens is 1. The van der Waals surface area contributed by atoms with Gasteiger partial charge in [0.05, 0.1) is 12.8 Å². The second-order valence-electron chi connectivity index (χ2n) is 7.65. The second-order valence-corrected chi connectivity index (χ2v) is 7.65. The standard InChI is InChI=1S/C28H21FN4O/c1-34-25-13-11-24(12-14-25)31-27-16-26(32-28(33-27)20-5-3-2-4-6-20)22-15-21(17-30-18-22)19-7-9-23(29)10-8-19/h2-18H,1H3,(H,31,32,33). The number of hydrogen-bond donors (Lipinski definition) is 1. The van der Waals surface area contributed by atoms with Gasteiger partial charge in [-0.2, -0.15) is 0 Å². The number of benzene rings is 3. The van der Waals surface area contributed by atoms with Crippen molar-refractivity contribution in [2.24, 2.45) is 0 Å². The van der Waals surface area contributed by atoms with Crippen molar-refractivity contribution in [3.63, 3.8) is 0 Å². The van der Waals surface area contributed by atoms with Crippen LogP contribution in [0.15, 0.2) is 103 Å². The van der Waals surface area contributed by atoms with E-state index in [0.29, 0.717) is 11.6 Å². The fourth-order valence-electron chi connectivity index (χ4n) is 3.58. The van der Waals surface area contributed by atoms with Crippen LogP contribution in [0.1, 0.15) is 0 Å². The molecule has 0 aliphatic rings. The minimum atomic E-state index is -0.273. The highest BCUT2D eigenvalue weighted by Crippen LogP contribution is 2.29. The number of rotatable bonds is 6. The van der Waals surface area contributed by atoms with Crippen LogP contribution in [0.3, 0.4) is 0 Å². The van der Waals surface area contributed by atoms with Gasteiger partial charge in [-0.3, -0.25) is 4.98 Å². The van der Waals surface area contributed by atoms with Crippen LogP contribution in [0.2, 0.25) is 0 Å². The van der Waals surface area contributed by atoms with Crippen molar-refractivity contribution in [1.82, 2.24) is 15.0 Å². The van der Waals surface area contributed by atoms with Crippen LogP contribution in [-0.2, 0) is 0 Å². The van der Waals surface area contributed by atoms with Crippen LogP contribution in [0.25, 0.3) is 33.8 Å². The normalized spacial score (nSPS) is 10.6.